The number of nitrogens with zero attached hydrogens (tertiary/aromatic N) is 2. The van der Waals surface area contributed by atoms with E-state index in [2.05, 4.69) is 19.7 Å². The summed E-state index contributed by atoms with van der Waals surface area (Å²) in [7, 11) is 0. The Labute approximate surface area is 121 Å². The Hall–Kier alpha value is -2.83. The van der Waals surface area contributed by atoms with Gasteiger partial charge < -0.3 is 9.72 Å². The highest BCUT2D eigenvalue weighted by Gasteiger charge is 2.31. The van der Waals surface area contributed by atoms with Gasteiger partial charge in [-0.3, -0.25) is 0 Å². The Kier molecular flexibility index (Phi) is 2.53. The summed E-state index contributed by atoms with van der Waals surface area (Å²) in [5.41, 5.74) is 2.59. The van der Waals surface area contributed by atoms with Gasteiger partial charge in [0.1, 0.15) is 5.75 Å². The molecule has 7 heteroatoms. The molecule has 3 aromatic heterocycles. The molecule has 22 heavy (non-hydrogen) atoms. The van der Waals surface area contributed by atoms with Crippen LogP contribution >= 0.6 is 0 Å². The highest BCUT2D eigenvalue weighted by atomic mass is 19.4. The zero-order valence-electron chi connectivity index (χ0n) is 11.0. The van der Waals surface area contributed by atoms with E-state index in [-0.39, 0.29) is 5.75 Å². The fourth-order valence-electron chi connectivity index (χ4n) is 2.46. The van der Waals surface area contributed by atoms with Gasteiger partial charge in [-0.1, -0.05) is 0 Å². The molecule has 4 nitrogen and oxygen atoms in total. The van der Waals surface area contributed by atoms with Gasteiger partial charge >= 0.3 is 6.36 Å². The highest BCUT2D eigenvalue weighted by Crippen LogP contribution is 2.31. The van der Waals surface area contributed by atoms with E-state index in [4.69, 9.17) is 0 Å². The second-order valence-electron chi connectivity index (χ2n) is 4.80. The van der Waals surface area contributed by atoms with E-state index >= 15 is 0 Å². The smallest absolute Gasteiger partial charge is 0.406 e. The lowest BCUT2D eigenvalue weighted by Crippen LogP contribution is -2.16. The van der Waals surface area contributed by atoms with Gasteiger partial charge in [-0.15, -0.1) is 13.2 Å². The van der Waals surface area contributed by atoms with Crippen LogP contribution in [-0.4, -0.2) is 21.3 Å². The van der Waals surface area contributed by atoms with Crippen LogP contribution in [0, 0.1) is 0 Å². The largest absolute Gasteiger partial charge is 0.573 e. The molecule has 0 aliphatic carbocycles. The molecule has 0 fully saturated rings. The maximum atomic E-state index is 12.3. The summed E-state index contributed by atoms with van der Waals surface area (Å²) < 4.78 is 41.0. The third kappa shape index (κ3) is 2.11. The van der Waals surface area contributed by atoms with Crippen LogP contribution in [0.5, 0.6) is 5.75 Å². The van der Waals surface area contributed by atoms with E-state index in [1.807, 2.05) is 18.2 Å². The zero-order valence-corrected chi connectivity index (χ0v) is 11.0. The molecule has 0 unspecified atom stereocenters. The predicted molar refractivity (Wildman–Crippen MR) is 75.6 cm³/mol. The van der Waals surface area contributed by atoms with Crippen molar-refractivity contribution in [3.63, 3.8) is 0 Å². The number of aromatic amines is 1. The van der Waals surface area contributed by atoms with Gasteiger partial charge in [0.15, 0.2) is 5.65 Å². The maximum Gasteiger partial charge on any atom is 0.573 e. The number of benzene rings is 1. The minimum atomic E-state index is -4.72. The number of halogens is 3. The van der Waals surface area contributed by atoms with Gasteiger partial charge in [0.25, 0.3) is 0 Å². The van der Waals surface area contributed by atoms with E-state index in [1.54, 1.807) is 6.20 Å². The molecule has 1 N–H and O–H groups in total. The Morgan fingerprint density at radius 1 is 0.955 bits per heavy atom. The Morgan fingerprint density at radius 2 is 1.77 bits per heavy atom. The second-order valence-corrected chi connectivity index (χ2v) is 4.80. The van der Waals surface area contributed by atoms with Crippen LogP contribution in [0.2, 0.25) is 0 Å². The molecular weight excluding hydrogens is 295 g/mol. The summed E-state index contributed by atoms with van der Waals surface area (Å²) in [6, 6.07) is 9.54. The minimum absolute atomic E-state index is 0.272. The van der Waals surface area contributed by atoms with Crippen molar-refractivity contribution in [2.24, 2.45) is 0 Å². The van der Waals surface area contributed by atoms with Crippen molar-refractivity contribution in [3.05, 3.63) is 42.6 Å². The molecular formula is C15H8F3N3O. The summed E-state index contributed by atoms with van der Waals surface area (Å²) in [6.45, 7) is 0. The van der Waals surface area contributed by atoms with Crippen LogP contribution in [0.4, 0.5) is 13.2 Å². The van der Waals surface area contributed by atoms with Crippen molar-refractivity contribution >= 4 is 33.0 Å². The van der Waals surface area contributed by atoms with Crippen LogP contribution < -0.4 is 4.74 Å². The third-order valence-electron chi connectivity index (χ3n) is 3.34. The number of pyridine rings is 2. The van der Waals surface area contributed by atoms with Crippen LogP contribution in [0.3, 0.4) is 0 Å². The number of H-pyrrole nitrogens is 1. The SMILES string of the molecule is FC(F)(F)Oc1ccc2nc3nc4ccc[nH]c4cc3c2c1. The molecule has 0 saturated heterocycles. The molecule has 110 valence electrons. The summed E-state index contributed by atoms with van der Waals surface area (Å²) in [5.74, 6) is -0.272. The van der Waals surface area contributed by atoms with Gasteiger partial charge in [0.05, 0.1) is 16.6 Å². The molecule has 4 aromatic rings. The molecule has 1 aromatic carbocycles. The lowest BCUT2D eigenvalue weighted by Gasteiger charge is -2.08. The predicted octanol–water partition coefficient (Wildman–Crippen LogP) is 4.16. The van der Waals surface area contributed by atoms with Crippen molar-refractivity contribution in [2.45, 2.75) is 6.36 Å². The molecule has 0 aliphatic rings. The van der Waals surface area contributed by atoms with E-state index < -0.39 is 6.36 Å². The average molecular weight is 303 g/mol. The number of aromatic nitrogens is 3. The number of fused-ring (bicyclic) bond motifs is 4. The number of nitrogens with one attached hydrogen (secondary N) is 1. The molecule has 4 rings (SSSR count). The molecule has 0 amide bonds. The standard InChI is InChI=1S/C15H8F3N3O/c16-15(17,18)22-8-3-4-11-9(6-8)10-7-13-12(2-1-5-19-13)21-14(10)20-11/h1-7,19H. The third-order valence-corrected chi connectivity index (χ3v) is 3.34. The van der Waals surface area contributed by atoms with Crippen molar-refractivity contribution in [2.75, 3.05) is 0 Å². The first-order valence-corrected chi connectivity index (χ1v) is 6.43. The van der Waals surface area contributed by atoms with Crippen molar-refractivity contribution in [1.82, 2.24) is 15.0 Å². The van der Waals surface area contributed by atoms with Crippen molar-refractivity contribution in [1.29, 1.82) is 0 Å². The molecule has 0 saturated carbocycles. The van der Waals surface area contributed by atoms with Gasteiger partial charge in [-0.25, -0.2) is 9.97 Å². The summed E-state index contributed by atoms with van der Waals surface area (Å²) in [5, 5.41) is 1.25. The number of hydrogen-bond donors (Lipinski definition) is 1. The first-order chi connectivity index (χ1) is 10.5. The lowest BCUT2D eigenvalue weighted by molar-refractivity contribution is -0.274. The molecule has 0 spiro atoms. The fourth-order valence-corrected chi connectivity index (χ4v) is 2.46. The first kappa shape index (κ1) is 12.9. The number of alkyl halides is 3. The van der Waals surface area contributed by atoms with Gasteiger partial charge in [-0.05, 0) is 36.4 Å². The Morgan fingerprint density at radius 3 is 2.59 bits per heavy atom. The normalized spacial score (nSPS) is 12.3. The second kappa shape index (κ2) is 4.33. The minimum Gasteiger partial charge on any atom is -0.406 e. The van der Waals surface area contributed by atoms with Crippen LogP contribution in [-0.2, 0) is 0 Å². The Bertz CT molecular complexity index is 1010. The summed E-state index contributed by atoms with van der Waals surface area (Å²) >= 11 is 0. The van der Waals surface area contributed by atoms with Crippen molar-refractivity contribution < 1.29 is 17.9 Å². The van der Waals surface area contributed by atoms with E-state index in [0.29, 0.717) is 21.9 Å². The number of hydrogen-bond acceptors (Lipinski definition) is 3. The van der Waals surface area contributed by atoms with Gasteiger partial charge in [0.2, 0.25) is 0 Å². The molecule has 0 radical (unpaired) electrons. The monoisotopic (exact) mass is 303 g/mol. The zero-order chi connectivity index (χ0) is 15.3. The van der Waals surface area contributed by atoms with E-state index in [1.165, 1.54) is 18.2 Å². The molecule has 0 aliphatic heterocycles. The molecule has 0 atom stereocenters. The van der Waals surface area contributed by atoms with Crippen LogP contribution in [0.15, 0.2) is 42.6 Å². The first-order valence-electron chi connectivity index (χ1n) is 6.43. The highest BCUT2D eigenvalue weighted by molar-refractivity contribution is 6.09. The number of rotatable bonds is 1. The van der Waals surface area contributed by atoms with E-state index in [9.17, 15) is 13.2 Å². The van der Waals surface area contributed by atoms with E-state index in [0.717, 1.165) is 11.0 Å². The molecule has 0 bridgehead atoms. The summed E-state index contributed by atoms with van der Waals surface area (Å²) in [4.78, 5) is 11.8. The van der Waals surface area contributed by atoms with Gasteiger partial charge in [0, 0.05) is 17.0 Å². The van der Waals surface area contributed by atoms with Gasteiger partial charge in [-0.2, -0.15) is 0 Å². The van der Waals surface area contributed by atoms with Crippen molar-refractivity contribution in [3.8, 4) is 5.75 Å². The maximum absolute atomic E-state index is 12.3. The lowest BCUT2D eigenvalue weighted by atomic mass is 10.1. The quantitative estimate of drug-likeness (QED) is 0.574. The fraction of sp³-hybridized carbons (Fsp3) is 0.0667. The van der Waals surface area contributed by atoms with Crippen LogP contribution in [0.25, 0.3) is 33.0 Å². The Balaban J connectivity index is 1.98. The summed E-state index contributed by atoms with van der Waals surface area (Å²) in [6.07, 6.45) is -2.96. The van der Waals surface area contributed by atoms with Crippen LogP contribution in [0.1, 0.15) is 0 Å². The average Bonchev–Trinajstić information content (AvgIpc) is 2.80. The topological polar surface area (TPSA) is 50.8 Å². The number of ether oxygens (including phenoxy) is 1. The molecule has 3 heterocycles.